The van der Waals surface area contributed by atoms with Gasteiger partial charge < -0.3 is 13.9 Å². The number of benzene rings is 1. The van der Waals surface area contributed by atoms with Crippen LogP contribution >= 0.6 is 11.8 Å². The van der Waals surface area contributed by atoms with E-state index in [9.17, 15) is 9.59 Å². The largest absolute Gasteiger partial charge is 0.451 e. The quantitative estimate of drug-likeness (QED) is 0.642. The summed E-state index contributed by atoms with van der Waals surface area (Å²) in [5.74, 6) is -0.215. The summed E-state index contributed by atoms with van der Waals surface area (Å²) in [5.41, 5.74) is 4.24. The second kappa shape index (κ2) is 9.97. The number of nitrogens with zero attached hydrogens (tertiary/aromatic N) is 1. The van der Waals surface area contributed by atoms with Crippen molar-refractivity contribution < 1.29 is 23.5 Å². The number of aryl methyl sites for hydroxylation is 2. The average Bonchev–Trinajstić information content (AvgIpc) is 3.37. The standard InChI is InChI=1S/C23H28N2O5S/c1-14-6-7-18(15(2)10-14)21(19-12-28-13-24-19)30-17-5-3-4-16(11-17)29-9-8-20-22(26)25-23(27)31-20/h6-7,10,12-13,16-17,20-21H,3-5,8-9,11H2,1-2H3,(H,25,26,27)/t16-,17+,20?,21?/m0/s1. The van der Waals surface area contributed by atoms with Gasteiger partial charge in [0.2, 0.25) is 5.91 Å². The van der Waals surface area contributed by atoms with Crippen LogP contribution in [-0.4, -0.2) is 40.2 Å². The fraction of sp³-hybridized carbons (Fsp3) is 0.522. The molecule has 0 spiro atoms. The predicted molar refractivity (Wildman–Crippen MR) is 117 cm³/mol. The minimum Gasteiger partial charge on any atom is -0.451 e. The molecule has 1 aromatic heterocycles. The molecule has 2 aromatic rings. The molecule has 31 heavy (non-hydrogen) atoms. The number of hydrogen-bond donors (Lipinski definition) is 1. The van der Waals surface area contributed by atoms with E-state index in [4.69, 9.17) is 13.9 Å². The zero-order valence-electron chi connectivity index (χ0n) is 17.8. The Morgan fingerprint density at radius 3 is 2.81 bits per heavy atom. The molecule has 1 aliphatic carbocycles. The number of carbonyl (C=O) groups excluding carboxylic acids is 2. The number of oxazole rings is 1. The van der Waals surface area contributed by atoms with Gasteiger partial charge in [0.05, 0.1) is 17.5 Å². The van der Waals surface area contributed by atoms with Crippen LogP contribution < -0.4 is 5.32 Å². The summed E-state index contributed by atoms with van der Waals surface area (Å²) < 4.78 is 17.9. The number of amides is 2. The molecule has 1 saturated heterocycles. The first-order valence-corrected chi connectivity index (χ1v) is 11.6. The van der Waals surface area contributed by atoms with E-state index in [0.29, 0.717) is 13.0 Å². The number of imide groups is 1. The molecule has 1 N–H and O–H groups in total. The molecule has 166 valence electrons. The van der Waals surface area contributed by atoms with Crippen LogP contribution in [0.3, 0.4) is 0 Å². The number of thioether (sulfide) groups is 1. The summed E-state index contributed by atoms with van der Waals surface area (Å²) in [5, 5.41) is 1.70. The van der Waals surface area contributed by atoms with E-state index in [0.717, 1.165) is 48.7 Å². The number of hydrogen-bond acceptors (Lipinski definition) is 7. The molecule has 2 unspecified atom stereocenters. The Hall–Kier alpha value is -2.16. The van der Waals surface area contributed by atoms with E-state index in [-0.39, 0.29) is 34.7 Å². The lowest BCUT2D eigenvalue weighted by molar-refractivity contribution is -0.119. The molecule has 2 heterocycles. The highest BCUT2D eigenvalue weighted by molar-refractivity contribution is 8.15. The second-order valence-electron chi connectivity index (χ2n) is 8.24. The summed E-state index contributed by atoms with van der Waals surface area (Å²) in [4.78, 5) is 27.3. The van der Waals surface area contributed by atoms with Gasteiger partial charge in [-0.3, -0.25) is 14.9 Å². The van der Waals surface area contributed by atoms with Gasteiger partial charge in [-0.15, -0.1) is 0 Å². The molecule has 1 aliphatic heterocycles. The topological polar surface area (TPSA) is 90.7 Å². The normalized spacial score (nSPS) is 24.9. The second-order valence-corrected chi connectivity index (χ2v) is 9.42. The first-order valence-electron chi connectivity index (χ1n) is 10.7. The molecule has 1 saturated carbocycles. The fourth-order valence-corrected chi connectivity index (χ4v) is 5.07. The summed E-state index contributed by atoms with van der Waals surface area (Å²) in [6.45, 7) is 4.63. The van der Waals surface area contributed by atoms with E-state index in [1.807, 2.05) is 0 Å². The third kappa shape index (κ3) is 5.56. The van der Waals surface area contributed by atoms with Crippen molar-refractivity contribution in [1.29, 1.82) is 0 Å². The first-order chi connectivity index (χ1) is 15.0. The number of nitrogens with one attached hydrogen (secondary N) is 1. The van der Waals surface area contributed by atoms with Gasteiger partial charge in [-0.25, -0.2) is 4.98 Å². The van der Waals surface area contributed by atoms with Gasteiger partial charge in [-0.05, 0) is 57.1 Å². The Morgan fingerprint density at radius 2 is 2.10 bits per heavy atom. The maximum atomic E-state index is 11.7. The maximum Gasteiger partial charge on any atom is 0.286 e. The number of aromatic nitrogens is 1. The Balaban J connectivity index is 1.36. The van der Waals surface area contributed by atoms with Gasteiger partial charge >= 0.3 is 0 Å². The van der Waals surface area contributed by atoms with E-state index in [2.05, 4.69) is 42.3 Å². The van der Waals surface area contributed by atoms with Gasteiger partial charge in [0.25, 0.3) is 5.24 Å². The van der Waals surface area contributed by atoms with Crippen LogP contribution in [0.2, 0.25) is 0 Å². The number of ether oxygens (including phenoxy) is 2. The zero-order chi connectivity index (χ0) is 21.8. The van der Waals surface area contributed by atoms with Crippen molar-refractivity contribution in [2.45, 2.75) is 69.5 Å². The van der Waals surface area contributed by atoms with Gasteiger partial charge in [0.1, 0.15) is 18.1 Å². The van der Waals surface area contributed by atoms with Crippen LogP contribution in [0.1, 0.15) is 60.6 Å². The third-order valence-corrected chi connectivity index (χ3v) is 6.89. The lowest BCUT2D eigenvalue weighted by Gasteiger charge is -2.32. The smallest absolute Gasteiger partial charge is 0.286 e. The van der Waals surface area contributed by atoms with Gasteiger partial charge in [0.15, 0.2) is 6.39 Å². The third-order valence-electron chi connectivity index (χ3n) is 5.83. The van der Waals surface area contributed by atoms with Crippen molar-refractivity contribution in [2.75, 3.05) is 6.61 Å². The molecule has 8 heteroatoms. The van der Waals surface area contributed by atoms with E-state index in [1.165, 1.54) is 17.5 Å². The lowest BCUT2D eigenvalue weighted by Crippen LogP contribution is -2.31. The van der Waals surface area contributed by atoms with Gasteiger partial charge in [-0.1, -0.05) is 35.5 Å². The molecule has 2 fully saturated rings. The molecule has 1 aromatic carbocycles. The Labute approximate surface area is 186 Å². The van der Waals surface area contributed by atoms with Crippen molar-refractivity contribution in [3.05, 3.63) is 53.2 Å². The SMILES string of the molecule is Cc1ccc(C(O[C@@H]2CCC[C@H](OCCC3SC(=O)NC3=O)C2)c2cocn2)c(C)c1. The minimum atomic E-state index is -0.343. The van der Waals surface area contributed by atoms with Crippen molar-refractivity contribution in [1.82, 2.24) is 10.3 Å². The molecular weight excluding hydrogens is 416 g/mol. The van der Waals surface area contributed by atoms with Crippen LogP contribution in [0.25, 0.3) is 0 Å². The Kier molecular flexibility index (Phi) is 7.09. The van der Waals surface area contributed by atoms with Crippen molar-refractivity contribution in [3.8, 4) is 0 Å². The van der Waals surface area contributed by atoms with E-state index in [1.54, 1.807) is 6.26 Å². The highest BCUT2D eigenvalue weighted by Crippen LogP contribution is 2.34. The highest BCUT2D eigenvalue weighted by atomic mass is 32.2. The molecular formula is C23H28N2O5S. The van der Waals surface area contributed by atoms with Crippen molar-refractivity contribution in [2.24, 2.45) is 0 Å². The monoisotopic (exact) mass is 444 g/mol. The summed E-state index contributed by atoms with van der Waals surface area (Å²) in [7, 11) is 0. The van der Waals surface area contributed by atoms with Gasteiger partial charge in [-0.2, -0.15) is 0 Å². The molecule has 7 nitrogen and oxygen atoms in total. The van der Waals surface area contributed by atoms with E-state index >= 15 is 0 Å². The Morgan fingerprint density at radius 1 is 1.26 bits per heavy atom. The van der Waals surface area contributed by atoms with Crippen molar-refractivity contribution in [3.63, 3.8) is 0 Å². The van der Waals surface area contributed by atoms with Crippen LogP contribution in [0.5, 0.6) is 0 Å². The maximum absolute atomic E-state index is 11.7. The van der Waals surface area contributed by atoms with Crippen LogP contribution in [0, 0.1) is 13.8 Å². The number of carbonyl (C=O) groups is 2. The summed E-state index contributed by atoms with van der Waals surface area (Å²) in [6, 6.07) is 6.35. The number of rotatable bonds is 8. The predicted octanol–water partition coefficient (Wildman–Crippen LogP) is 4.47. The van der Waals surface area contributed by atoms with Crippen LogP contribution in [0.4, 0.5) is 4.79 Å². The lowest BCUT2D eigenvalue weighted by atomic mass is 9.93. The molecule has 4 atom stereocenters. The summed E-state index contributed by atoms with van der Waals surface area (Å²) >= 11 is 1.05. The average molecular weight is 445 g/mol. The zero-order valence-corrected chi connectivity index (χ0v) is 18.7. The molecule has 2 aliphatic rings. The van der Waals surface area contributed by atoms with Crippen LogP contribution in [-0.2, 0) is 14.3 Å². The molecule has 2 amide bonds. The molecule has 0 radical (unpaired) electrons. The molecule has 0 bridgehead atoms. The van der Waals surface area contributed by atoms with Gasteiger partial charge in [0, 0.05) is 6.61 Å². The highest BCUT2D eigenvalue weighted by Gasteiger charge is 2.32. The minimum absolute atomic E-state index is 0.0480. The first kappa shape index (κ1) is 22.0. The van der Waals surface area contributed by atoms with Crippen LogP contribution in [0.15, 0.2) is 35.3 Å². The fourth-order valence-electron chi connectivity index (χ4n) is 4.27. The van der Waals surface area contributed by atoms with E-state index < -0.39 is 0 Å². The Bertz CT molecular complexity index is 917. The summed E-state index contributed by atoms with van der Waals surface area (Å²) in [6.07, 6.45) is 7.22. The molecule has 4 rings (SSSR count). The van der Waals surface area contributed by atoms with Crippen molar-refractivity contribution >= 4 is 22.9 Å².